The Morgan fingerprint density at radius 1 is 1.18 bits per heavy atom. The Balaban J connectivity index is 2.75. The maximum Gasteiger partial charge on any atom is 0.0621 e. The van der Waals surface area contributed by atoms with Crippen LogP contribution in [0.25, 0.3) is 0 Å². The predicted octanol–water partition coefficient (Wildman–Crippen LogP) is 2.07. The summed E-state index contributed by atoms with van der Waals surface area (Å²) >= 11 is 0. The predicted molar refractivity (Wildman–Crippen MR) is 47.2 cm³/mol. The maximum absolute atomic E-state index is 8.24. The summed E-state index contributed by atoms with van der Waals surface area (Å²) < 4.78 is 0. The van der Waals surface area contributed by atoms with Gasteiger partial charge in [-0.2, -0.15) is 5.26 Å². The van der Waals surface area contributed by atoms with Crippen molar-refractivity contribution in [3.05, 3.63) is 0 Å². The van der Waals surface area contributed by atoms with E-state index in [0.29, 0.717) is 0 Å². The summed E-state index contributed by atoms with van der Waals surface area (Å²) in [5.41, 5.74) is 0. The molecule has 0 bridgehead atoms. The third-order valence-electron chi connectivity index (χ3n) is 1.64. The molecule has 0 aliphatic carbocycles. The van der Waals surface area contributed by atoms with Gasteiger partial charge in [-0.05, 0) is 25.9 Å². The first-order valence-corrected chi connectivity index (χ1v) is 4.49. The van der Waals surface area contributed by atoms with E-state index in [1.54, 1.807) is 0 Å². The molecule has 0 aromatic heterocycles. The minimum absolute atomic E-state index is 0.723. The van der Waals surface area contributed by atoms with E-state index in [-0.39, 0.29) is 0 Å². The van der Waals surface area contributed by atoms with Gasteiger partial charge in [0.25, 0.3) is 0 Å². The van der Waals surface area contributed by atoms with Crippen LogP contribution in [0.2, 0.25) is 0 Å². The summed E-state index contributed by atoms with van der Waals surface area (Å²) in [6.07, 6.45) is 5.51. The molecule has 0 spiro atoms. The molecule has 0 aromatic carbocycles. The molecule has 64 valence electrons. The first-order valence-electron chi connectivity index (χ1n) is 4.49. The molecule has 0 aliphatic heterocycles. The molecule has 0 amide bonds. The SMILES string of the molecule is CCNCCCCCCC#N. The Bertz CT molecular complexity index is 105. The quantitative estimate of drug-likeness (QED) is 0.570. The molecule has 0 saturated carbocycles. The molecule has 0 unspecified atom stereocenters. The standard InChI is InChI=1S/C9H18N2/c1-2-11-9-7-5-3-4-6-8-10/h11H,2-7,9H2,1H3. The van der Waals surface area contributed by atoms with Crippen molar-refractivity contribution in [2.75, 3.05) is 13.1 Å². The van der Waals surface area contributed by atoms with Gasteiger partial charge in [0.15, 0.2) is 0 Å². The second-order valence-electron chi connectivity index (χ2n) is 2.68. The lowest BCUT2D eigenvalue weighted by molar-refractivity contribution is 0.602. The molecule has 0 fully saturated rings. The molecule has 0 aliphatic rings. The topological polar surface area (TPSA) is 35.8 Å². The normalized spacial score (nSPS) is 9.45. The van der Waals surface area contributed by atoms with E-state index in [1.807, 2.05) is 0 Å². The molecular weight excluding hydrogens is 136 g/mol. The fraction of sp³-hybridized carbons (Fsp3) is 0.889. The largest absolute Gasteiger partial charge is 0.317 e. The van der Waals surface area contributed by atoms with Crippen LogP contribution in [0.1, 0.15) is 39.0 Å². The second kappa shape index (κ2) is 9.45. The zero-order valence-corrected chi connectivity index (χ0v) is 7.40. The van der Waals surface area contributed by atoms with E-state index < -0.39 is 0 Å². The molecule has 2 heteroatoms. The first-order chi connectivity index (χ1) is 5.41. The summed E-state index contributed by atoms with van der Waals surface area (Å²) in [5, 5.41) is 11.5. The van der Waals surface area contributed by atoms with Gasteiger partial charge in [-0.15, -0.1) is 0 Å². The number of hydrogen-bond acceptors (Lipinski definition) is 2. The van der Waals surface area contributed by atoms with Crippen LogP contribution in [-0.2, 0) is 0 Å². The fourth-order valence-electron chi connectivity index (χ4n) is 0.984. The van der Waals surface area contributed by atoms with Crippen molar-refractivity contribution >= 4 is 0 Å². The Morgan fingerprint density at radius 3 is 2.55 bits per heavy atom. The van der Waals surface area contributed by atoms with Gasteiger partial charge in [-0.1, -0.05) is 19.8 Å². The van der Waals surface area contributed by atoms with Crippen LogP contribution >= 0.6 is 0 Å². The molecule has 0 saturated heterocycles. The molecular formula is C9H18N2. The van der Waals surface area contributed by atoms with Gasteiger partial charge in [-0.25, -0.2) is 0 Å². The van der Waals surface area contributed by atoms with Gasteiger partial charge >= 0.3 is 0 Å². The summed E-state index contributed by atoms with van der Waals surface area (Å²) in [6, 6.07) is 2.15. The van der Waals surface area contributed by atoms with E-state index in [9.17, 15) is 0 Å². The number of unbranched alkanes of at least 4 members (excludes halogenated alkanes) is 4. The minimum atomic E-state index is 0.723. The van der Waals surface area contributed by atoms with Crippen molar-refractivity contribution in [1.29, 1.82) is 5.26 Å². The maximum atomic E-state index is 8.24. The first kappa shape index (κ1) is 10.4. The van der Waals surface area contributed by atoms with Crippen LogP contribution in [0.5, 0.6) is 0 Å². The molecule has 0 radical (unpaired) electrons. The zero-order chi connectivity index (χ0) is 8.36. The average molecular weight is 154 g/mol. The Kier molecular flexibility index (Phi) is 8.98. The fourth-order valence-corrected chi connectivity index (χ4v) is 0.984. The number of nitriles is 1. The van der Waals surface area contributed by atoms with Crippen LogP contribution < -0.4 is 5.32 Å². The highest BCUT2D eigenvalue weighted by molar-refractivity contribution is 4.67. The van der Waals surface area contributed by atoms with E-state index in [4.69, 9.17) is 5.26 Å². The van der Waals surface area contributed by atoms with Crippen molar-refractivity contribution < 1.29 is 0 Å². The molecule has 0 heterocycles. The number of rotatable bonds is 7. The summed E-state index contributed by atoms with van der Waals surface area (Å²) in [6.45, 7) is 4.32. The number of nitrogens with one attached hydrogen (secondary N) is 1. The van der Waals surface area contributed by atoms with E-state index >= 15 is 0 Å². The number of nitrogens with zero attached hydrogens (tertiary/aromatic N) is 1. The van der Waals surface area contributed by atoms with Gasteiger partial charge in [0.05, 0.1) is 6.07 Å². The number of hydrogen-bond donors (Lipinski definition) is 1. The lowest BCUT2D eigenvalue weighted by Gasteiger charge is -1.99. The van der Waals surface area contributed by atoms with Crippen molar-refractivity contribution in [1.82, 2.24) is 5.32 Å². The van der Waals surface area contributed by atoms with Crippen LogP contribution in [0, 0.1) is 11.3 Å². The third-order valence-corrected chi connectivity index (χ3v) is 1.64. The average Bonchev–Trinajstić information content (AvgIpc) is 2.03. The lowest BCUT2D eigenvalue weighted by atomic mass is 10.1. The highest BCUT2D eigenvalue weighted by atomic mass is 14.8. The molecule has 2 nitrogen and oxygen atoms in total. The molecule has 1 N–H and O–H groups in total. The smallest absolute Gasteiger partial charge is 0.0621 e. The summed E-state index contributed by atoms with van der Waals surface area (Å²) in [7, 11) is 0. The minimum Gasteiger partial charge on any atom is -0.317 e. The van der Waals surface area contributed by atoms with Gasteiger partial charge < -0.3 is 5.32 Å². The van der Waals surface area contributed by atoms with Crippen LogP contribution in [0.15, 0.2) is 0 Å². The van der Waals surface area contributed by atoms with Gasteiger partial charge in [-0.3, -0.25) is 0 Å². The van der Waals surface area contributed by atoms with Crippen LogP contribution in [0.4, 0.5) is 0 Å². The van der Waals surface area contributed by atoms with Crippen LogP contribution in [-0.4, -0.2) is 13.1 Å². The molecule has 11 heavy (non-hydrogen) atoms. The van der Waals surface area contributed by atoms with Crippen LogP contribution in [0.3, 0.4) is 0 Å². The Hall–Kier alpha value is -0.550. The van der Waals surface area contributed by atoms with Gasteiger partial charge in [0.2, 0.25) is 0 Å². The van der Waals surface area contributed by atoms with Crippen molar-refractivity contribution in [3.63, 3.8) is 0 Å². The zero-order valence-electron chi connectivity index (χ0n) is 7.40. The highest BCUT2D eigenvalue weighted by Gasteiger charge is 1.88. The Labute approximate surface area is 69.6 Å². The molecule has 0 aromatic rings. The second-order valence-corrected chi connectivity index (χ2v) is 2.68. The Morgan fingerprint density at radius 2 is 1.91 bits per heavy atom. The lowest BCUT2D eigenvalue weighted by Crippen LogP contribution is -2.13. The molecule has 0 atom stereocenters. The van der Waals surface area contributed by atoms with Crippen molar-refractivity contribution in [2.45, 2.75) is 39.0 Å². The van der Waals surface area contributed by atoms with Crippen molar-refractivity contribution in [2.24, 2.45) is 0 Å². The van der Waals surface area contributed by atoms with E-state index in [2.05, 4.69) is 18.3 Å². The van der Waals surface area contributed by atoms with Crippen molar-refractivity contribution in [3.8, 4) is 6.07 Å². The summed E-state index contributed by atoms with van der Waals surface area (Å²) in [4.78, 5) is 0. The van der Waals surface area contributed by atoms with E-state index in [1.165, 1.54) is 19.3 Å². The monoisotopic (exact) mass is 154 g/mol. The molecule has 0 rings (SSSR count). The van der Waals surface area contributed by atoms with E-state index in [0.717, 1.165) is 25.9 Å². The third kappa shape index (κ3) is 9.45. The van der Waals surface area contributed by atoms with Gasteiger partial charge in [0, 0.05) is 6.42 Å². The summed E-state index contributed by atoms with van der Waals surface area (Å²) in [5.74, 6) is 0. The van der Waals surface area contributed by atoms with Gasteiger partial charge in [0.1, 0.15) is 0 Å². The highest BCUT2D eigenvalue weighted by Crippen LogP contribution is 2.00.